The minimum atomic E-state index is 0.372. The van der Waals surface area contributed by atoms with Crippen molar-refractivity contribution >= 4 is 0 Å². The zero-order chi connectivity index (χ0) is 12.1. The summed E-state index contributed by atoms with van der Waals surface area (Å²) in [5.74, 6) is 1.25. The Kier molecular flexibility index (Phi) is 3.82. The second-order valence-corrected chi connectivity index (χ2v) is 3.85. The molecule has 0 saturated heterocycles. The van der Waals surface area contributed by atoms with Gasteiger partial charge in [-0.2, -0.15) is 4.98 Å². The van der Waals surface area contributed by atoms with Crippen molar-refractivity contribution in [1.82, 2.24) is 20.4 Å². The molecule has 1 unspecified atom stereocenters. The fourth-order valence-electron chi connectivity index (χ4n) is 1.61. The number of pyridine rings is 1. The maximum Gasteiger partial charge on any atom is 0.228 e. The Morgan fingerprint density at radius 1 is 1.47 bits per heavy atom. The van der Waals surface area contributed by atoms with E-state index in [0.29, 0.717) is 17.8 Å². The Bertz CT molecular complexity index is 451. The fraction of sp³-hybridized carbons (Fsp3) is 0.417. The summed E-state index contributed by atoms with van der Waals surface area (Å²) in [5, 5.41) is 7.16. The van der Waals surface area contributed by atoms with Gasteiger partial charge in [-0.3, -0.25) is 4.98 Å². The number of aromatic nitrogens is 3. The smallest absolute Gasteiger partial charge is 0.228 e. The Labute approximate surface area is 100 Å². The van der Waals surface area contributed by atoms with Crippen molar-refractivity contribution in [3.8, 4) is 11.4 Å². The van der Waals surface area contributed by atoms with Crippen molar-refractivity contribution in [3.63, 3.8) is 0 Å². The van der Waals surface area contributed by atoms with Crippen molar-refractivity contribution in [2.45, 2.75) is 25.8 Å². The monoisotopic (exact) mass is 232 g/mol. The van der Waals surface area contributed by atoms with Gasteiger partial charge in [-0.25, -0.2) is 0 Å². The number of likely N-dealkylation sites (N-methyl/N-ethyl adjacent to an activating group) is 1. The molecule has 0 aromatic carbocycles. The molecule has 1 atom stereocenters. The Morgan fingerprint density at radius 3 is 3.00 bits per heavy atom. The van der Waals surface area contributed by atoms with E-state index >= 15 is 0 Å². The minimum Gasteiger partial charge on any atom is -0.339 e. The summed E-state index contributed by atoms with van der Waals surface area (Å²) in [5.41, 5.74) is 0.875. The third-order valence-corrected chi connectivity index (χ3v) is 2.71. The van der Waals surface area contributed by atoms with Crippen LogP contribution in [-0.2, 0) is 6.42 Å². The second kappa shape index (κ2) is 5.54. The van der Waals surface area contributed by atoms with Gasteiger partial charge in [0, 0.05) is 30.4 Å². The van der Waals surface area contributed by atoms with E-state index in [4.69, 9.17) is 4.52 Å². The second-order valence-electron chi connectivity index (χ2n) is 3.85. The molecule has 5 heteroatoms. The molecule has 0 radical (unpaired) electrons. The lowest BCUT2D eigenvalue weighted by Crippen LogP contribution is -2.26. The number of hydrogen-bond donors (Lipinski definition) is 1. The van der Waals surface area contributed by atoms with Gasteiger partial charge in [0.15, 0.2) is 0 Å². The van der Waals surface area contributed by atoms with Crippen LogP contribution in [0.3, 0.4) is 0 Å². The largest absolute Gasteiger partial charge is 0.339 e. The molecule has 2 rings (SSSR count). The molecule has 2 aromatic rings. The van der Waals surface area contributed by atoms with E-state index in [-0.39, 0.29) is 0 Å². The average molecular weight is 232 g/mol. The SMILES string of the molecule is CCC(Cc1nc(-c2cccnc2)no1)NC. The predicted molar refractivity (Wildman–Crippen MR) is 64.4 cm³/mol. The lowest BCUT2D eigenvalue weighted by Gasteiger charge is -2.09. The highest BCUT2D eigenvalue weighted by atomic mass is 16.5. The number of nitrogens with zero attached hydrogens (tertiary/aromatic N) is 3. The molecular formula is C12H16N4O. The summed E-state index contributed by atoms with van der Waals surface area (Å²) >= 11 is 0. The highest BCUT2D eigenvalue weighted by molar-refractivity contribution is 5.51. The first-order valence-electron chi connectivity index (χ1n) is 5.73. The minimum absolute atomic E-state index is 0.372. The molecule has 2 aromatic heterocycles. The van der Waals surface area contributed by atoms with Crippen LogP contribution in [0.2, 0.25) is 0 Å². The van der Waals surface area contributed by atoms with E-state index in [1.807, 2.05) is 19.2 Å². The van der Waals surface area contributed by atoms with Gasteiger partial charge in [0.1, 0.15) is 0 Å². The van der Waals surface area contributed by atoms with Crippen LogP contribution in [0.4, 0.5) is 0 Å². The maximum atomic E-state index is 5.22. The molecule has 0 fully saturated rings. The van der Waals surface area contributed by atoms with E-state index in [0.717, 1.165) is 18.4 Å². The van der Waals surface area contributed by atoms with Gasteiger partial charge in [0.25, 0.3) is 0 Å². The van der Waals surface area contributed by atoms with Crippen molar-refractivity contribution in [2.75, 3.05) is 7.05 Å². The van der Waals surface area contributed by atoms with Gasteiger partial charge in [0.2, 0.25) is 11.7 Å². The van der Waals surface area contributed by atoms with Gasteiger partial charge in [-0.15, -0.1) is 0 Å². The Morgan fingerprint density at radius 2 is 2.35 bits per heavy atom. The number of nitrogens with one attached hydrogen (secondary N) is 1. The lowest BCUT2D eigenvalue weighted by molar-refractivity contribution is 0.359. The van der Waals surface area contributed by atoms with Crippen LogP contribution in [0.5, 0.6) is 0 Å². The summed E-state index contributed by atoms with van der Waals surface area (Å²) in [6.45, 7) is 2.12. The van der Waals surface area contributed by atoms with Crippen LogP contribution < -0.4 is 5.32 Å². The van der Waals surface area contributed by atoms with E-state index in [1.54, 1.807) is 12.4 Å². The summed E-state index contributed by atoms with van der Waals surface area (Å²) in [7, 11) is 1.94. The van der Waals surface area contributed by atoms with Gasteiger partial charge >= 0.3 is 0 Å². The number of hydrogen-bond acceptors (Lipinski definition) is 5. The van der Waals surface area contributed by atoms with Crippen LogP contribution in [0.15, 0.2) is 29.0 Å². The topological polar surface area (TPSA) is 63.8 Å². The fourth-order valence-corrected chi connectivity index (χ4v) is 1.61. The van der Waals surface area contributed by atoms with E-state index < -0.39 is 0 Å². The molecule has 0 aliphatic rings. The van der Waals surface area contributed by atoms with Crippen LogP contribution in [0.1, 0.15) is 19.2 Å². The molecule has 0 aliphatic carbocycles. The van der Waals surface area contributed by atoms with Crippen LogP contribution in [0.25, 0.3) is 11.4 Å². The van der Waals surface area contributed by atoms with Crippen LogP contribution in [0, 0.1) is 0 Å². The highest BCUT2D eigenvalue weighted by Crippen LogP contribution is 2.14. The van der Waals surface area contributed by atoms with Gasteiger partial charge in [0.05, 0.1) is 0 Å². The Hall–Kier alpha value is -1.75. The van der Waals surface area contributed by atoms with Crippen molar-refractivity contribution in [1.29, 1.82) is 0 Å². The van der Waals surface area contributed by atoms with Crippen LogP contribution in [-0.4, -0.2) is 28.2 Å². The van der Waals surface area contributed by atoms with E-state index in [1.165, 1.54) is 0 Å². The van der Waals surface area contributed by atoms with Gasteiger partial charge in [-0.05, 0) is 25.6 Å². The molecule has 0 saturated carbocycles. The molecule has 0 aliphatic heterocycles. The average Bonchev–Trinajstić information content (AvgIpc) is 2.85. The van der Waals surface area contributed by atoms with Crippen molar-refractivity contribution in [2.24, 2.45) is 0 Å². The molecular weight excluding hydrogens is 216 g/mol. The highest BCUT2D eigenvalue weighted by Gasteiger charge is 2.12. The number of rotatable bonds is 5. The van der Waals surface area contributed by atoms with E-state index in [2.05, 4.69) is 27.4 Å². The molecule has 90 valence electrons. The maximum absolute atomic E-state index is 5.22. The first-order chi connectivity index (χ1) is 8.33. The zero-order valence-electron chi connectivity index (χ0n) is 10.1. The predicted octanol–water partition coefficient (Wildman–Crippen LogP) is 1.67. The van der Waals surface area contributed by atoms with Gasteiger partial charge in [-0.1, -0.05) is 12.1 Å². The summed E-state index contributed by atoms with van der Waals surface area (Å²) in [6, 6.07) is 4.14. The molecule has 0 amide bonds. The zero-order valence-corrected chi connectivity index (χ0v) is 10.1. The molecule has 5 nitrogen and oxygen atoms in total. The molecule has 1 N–H and O–H groups in total. The summed E-state index contributed by atoms with van der Waals surface area (Å²) < 4.78 is 5.22. The first-order valence-corrected chi connectivity index (χ1v) is 5.73. The third kappa shape index (κ3) is 2.88. The molecule has 0 spiro atoms. The van der Waals surface area contributed by atoms with E-state index in [9.17, 15) is 0 Å². The Balaban J connectivity index is 2.11. The molecule has 17 heavy (non-hydrogen) atoms. The van der Waals surface area contributed by atoms with Crippen LogP contribution >= 0.6 is 0 Å². The summed E-state index contributed by atoms with van der Waals surface area (Å²) in [6.07, 6.45) is 5.23. The first kappa shape index (κ1) is 11.7. The standard InChI is InChI=1S/C12H16N4O/c1-3-10(13-2)7-11-15-12(16-17-11)9-5-4-6-14-8-9/h4-6,8,10,13H,3,7H2,1-2H3. The lowest BCUT2D eigenvalue weighted by atomic mass is 10.1. The van der Waals surface area contributed by atoms with Crippen molar-refractivity contribution in [3.05, 3.63) is 30.4 Å². The molecule has 0 bridgehead atoms. The van der Waals surface area contributed by atoms with Crippen molar-refractivity contribution < 1.29 is 4.52 Å². The summed E-state index contributed by atoms with van der Waals surface area (Å²) in [4.78, 5) is 8.39. The quantitative estimate of drug-likeness (QED) is 0.849. The van der Waals surface area contributed by atoms with Gasteiger partial charge < -0.3 is 9.84 Å². The third-order valence-electron chi connectivity index (χ3n) is 2.71. The normalized spacial score (nSPS) is 12.6. The molecule has 2 heterocycles.